The molecule has 1 amide bonds. The lowest BCUT2D eigenvalue weighted by Gasteiger charge is -2.04. The van der Waals surface area contributed by atoms with Crippen molar-refractivity contribution in [2.45, 2.75) is 13.2 Å². The molecule has 118 valence electrons. The Kier molecular flexibility index (Phi) is 4.44. The van der Waals surface area contributed by atoms with Crippen molar-refractivity contribution in [3.63, 3.8) is 0 Å². The van der Waals surface area contributed by atoms with Gasteiger partial charge in [-0.1, -0.05) is 12.1 Å². The van der Waals surface area contributed by atoms with Crippen molar-refractivity contribution in [1.29, 1.82) is 0 Å². The summed E-state index contributed by atoms with van der Waals surface area (Å²) < 4.78 is 4.94. The second-order valence-electron chi connectivity index (χ2n) is 4.88. The van der Waals surface area contributed by atoms with E-state index in [4.69, 9.17) is 4.74 Å². The van der Waals surface area contributed by atoms with E-state index < -0.39 is 0 Å². The largest absolute Gasteiger partial charge is 0.377 e. The molecule has 23 heavy (non-hydrogen) atoms. The zero-order valence-corrected chi connectivity index (χ0v) is 12.5. The Hall–Kier alpha value is -3.00. The molecule has 0 bridgehead atoms. The number of nitrogens with zero attached hydrogens (tertiary/aromatic N) is 3. The minimum absolute atomic E-state index is 0.173. The van der Waals surface area contributed by atoms with Crippen molar-refractivity contribution in [3.8, 4) is 11.1 Å². The van der Waals surface area contributed by atoms with E-state index in [-0.39, 0.29) is 12.5 Å². The third-order valence-corrected chi connectivity index (χ3v) is 3.25. The Morgan fingerprint density at radius 2 is 2.09 bits per heavy atom. The quantitative estimate of drug-likeness (QED) is 0.635. The van der Waals surface area contributed by atoms with Gasteiger partial charge in [0.15, 0.2) is 5.82 Å². The number of H-pyrrole nitrogens is 2. The van der Waals surface area contributed by atoms with Gasteiger partial charge >= 0.3 is 0 Å². The van der Waals surface area contributed by atoms with Gasteiger partial charge in [-0.25, -0.2) is 4.98 Å². The molecule has 8 heteroatoms. The molecule has 0 radical (unpaired) electrons. The molecule has 0 saturated carbocycles. The molecule has 2 aromatic heterocycles. The molecule has 0 aliphatic rings. The fraction of sp³-hybridized carbons (Fsp3) is 0.200. The van der Waals surface area contributed by atoms with Gasteiger partial charge < -0.3 is 10.1 Å². The predicted octanol–water partition coefficient (Wildman–Crippen LogP) is 1.27. The zero-order chi connectivity index (χ0) is 16.1. The molecule has 3 rings (SSSR count). The number of aromatic nitrogens is 5. The van der Waals surface area contributed by atoms with E-state index in [1.807, 2.05) is 12.1 Å². The Bertz CT molecular complexity index is 764. The summed E-state index contributed by atoms with van der Waals surface area (Å²) in [6.07, 6.45) is 3.53. The second-order valence-corrected chi connectivity index (χ2v) is 4.88. The molecule has 0 aliphatic heterocycles. The fourth-order valence-corrected chi connectivity index (χ4v) is 2.10. The first-order chi connectivity index (χ1) is 11.3. The summed E-state index contributed by atoms with van der Waals surface area (Å²) in [5.74, 6) is 0.968. The number of amides is 1. The summed E-state index contributed by atoms with van der Waals surface area (Å²) in [6.45, 7) is 0.610. The maximum Gasteiger partial charge on any atom is 0.251 e. The number of carbonyl (C=O) groups is 1. The van der Waals surface area contributed by atoms with E-state index in [1.54, 1.807) is 31.6 Å². The van der Waals surface area contributed by atoms with E-state index in [9.17, 15) is 4.79 Å². The molecule has 0 atom stereocenters. The molecule has 2 heterocycles. The molecule has 0 saturated heterocycles. The first kappa shape index (κ1) is 14.9. The number of rotatable bonds is 6. The van der Waals surface area contributed by atoms with Gasteiger partial charge in [0.25, 0.3) is 5.91 Å². The number of ether oxygens (including phenoxy) is 1. The highest BCUT2D eigenvalue weighted by molar-refractivity contribution is 5.94. The van der Waals surface area contributed by atoms with Gasteiger partial charge in [-0.05, 0) is 17.7 Å². The summed E-state index contributed by atoms with van der Waals surface area (Å²) in [7, 11) is 1.57. The summed E-state index contributed by atoms with van der Waals surface area (Å²) in [5, 5.41) is 16.2. The maximum atomic E-state index is 12.1. The number of hydrogen-bond acceptors (Lipinski definition) is 5. The van der Waals surface area contributed by atoms with Crippen LogP contribution in [0.1, 0.15) is 22.0 Å². The highest BCUT2D eigenvalue weighted by Crippen LogP contribution is 2.17. The molecule has 0 aliphatic carbocycles. The van der Waals surface area contributed by atoms with E-state index in [2.05, 4.69) is 30.7 Å². The van der Waals surface area contributed by atoms with Gasteiger partial charge in [-0.2, -0.15) is 10.2 Å². The highest BCUT2D eigenvalue weighted by atomic mass is 16.5. The summed E-state index contributed by atoms with van der Waals surface area (Å²) in [4.78, 5) is 16.3. The van der Waals surface area contributed by atoms with E-state index in [0.717, 1.165) is 11.1 Å². The van der Waals surface area contributed by atoms with Crippen molar-refractivity contribution < 1.29 is 9.53 Å². The lowest BCUT2D eigenvalue weighted by Crippen LogP contribution is -2.23. The topological polar surface area (TPSA) is 109 Å². The number of aromatic amines is 2. The molecule has 0 fully saturated rings. The average Bonchev–Trinajstić information content (AvgIpc) is 3.25. The molecule has 0 unspecified atom stereocenters. The van der Waals surface area contributed by atoms with Gasteiger partial charge in [0.05, 0.1) is 12.7 Å². The third kappa shape index (κ3) is 3.61. The highest BCUT2D eigenvalue weighted by Gasteiger charge is 2.08. The van der Waals surface area contributed by atoms with E-state index >= 15 is 0 Å². The van der Waals surface area contributed by atoms with Crippen LogP contribution in [0.4, 0.5) is 0 Å². The molecule has 0 spiro atoms. The van der Waals surface area contributed by atoms with Crippen LogP contribution in [0.5, 0.6) is 0 Å². The van der Waals surface area contributed by atoms with Crippen molar-refractivity contribution in [2.75, 3.05) is 7.11 Å². The van der Waals surface area contributed by atoms with E-state index in [0.29, 0.717) is 23.8 Å². The molecular formula is C15H16N6O2. The standard InChI is InChI=1S/C15H16N6O2/c1-23-9-14-19-13(20-21-14)8-16-15(22)11-4-2-10(3-5-11)12-6-17-18-7-12/h2-7H,8-9H2,1H3,(H,16,22)(H,17,18)(H,19,20,21). The van der Waals surface area contributed by atoms with Crippen molar-refractivity contribution in [1.82, 2.24) is 30.7 Å². The summed E-state index contributed by atoms with van der Waals surface area (Å²) in [6, 6.07) is 7.30. The number of hydrogen-bond donors (Lipinski definition) is 3. The molecule has 1 aromatic carbocycles. The van der Waals surface area contributed by atoms with Crippen molar-refractivity contribution in [3.05, 3.63) is 53.9 Å². The second kappa shape index (κ2) is 6.84. The Labute approximate surface area is 132 Å². The number of benzene rings is 1. The van der Waals surface area contributed by atoms with Crippen LogP contribution < -0.4 is 5.32 Å². The molecular weight excluding hydrogens is 296 g/mol. The van der Waals surface area contributed by atoms with Crippen LogP contribution in [-0.2, 0) is 17.9 Å². The Morgan fingerprint density at radius 3 is 2.78 bits per heavy atom. The van der Waals surface area contributed by atoms with Gasteiger partial charge in [0, 0.05) is 24.4 Å². The lowest BCUT2D eigenvalue weighted by molar-refractivity contribution is 0.0950. The van der Waals surface area contributed by atoms with Crippen LogP contribution in [0.25, 0.3) is 11.1 Å². The predicted molar refractivity (Wildman–Crippen MR) is 82.3 cm³/mol. The Balaban J connectivity index is 1.59. The fourth-order valence-electron chi connectivity index (χ4n) is 2.10. The maximum absolute atomic E-state index is 12.1. The van der Waals surface area contributed by atoms with Crippen LogP contribution in [0.2, 0.25) is 0 Å². The molecule has 8 nitrogen and oxygen atoms in total. The van der Waals surface area contributed by atoms with Crippen LogP contribution in [0, 0.1) is 0 Å². The van der Waals surface area contributed by atoms with Gasteiger partial charge in [0.1, 0.15) is 12.4 Å². The monoisotopic (exact) mass is 312 g/mol. The summed E-state index contributed by atoms with van der Waals surface area (Å²) >= 11 is 0. The average molecular weight is 312 g/mol. The van der Waals surface area contributed by atoms with Gasteiger partial charge in [-0.3, -0.25) is 15.0 Å². The Morgan fingerprint density at radius 1 is 1.26 bits per heavy atom. The van der Waals surface area contributed by atoms with Crippen LogP contribution in [0.15, 0.2) is 36.7 Å². The number of methoxy groups -OCH3 is 1. The molecule has 3 N–H and O–H groups in total. The normalized spacial score (nSPS) is 10.7. The van der Waals surface area contributed by atoms with Crippen molar-refractivity contribution >= 4 is 5.91 Å². The first-order valence-electron chi connectivity index (χ1n) is 7.03. The van der Waals surface area contributed by atoms with E-state index in [1.165, 1.54) is 0 Å². The minimum atomic E-state index is -0.173. The molecule has 3 aromatic rings. The van der Waals surface area contributed by atoms with Crippen LogP contribution >= 0.6 is 0 Å². The van der Waals surface area contributed by atoms with Gasteiger partial charge in [-0.15, -0.1) is 0 Å². The van der Waals surface area contributed by atoms with Crippen LogP contribution in [-0.4, -0.2) is 38.4 Å². The minimum Gasteiger partial charge on any atom is -0.377 e. The third-order valence-electron chi connectivity index (χ3n) is 3.25. The van der Waals surface area contributed by atoms with Crippen LogP contribution in [0.3, 0.4) is 0 Å². The first-order valence-corrected chi connectivity index (χ1v) is 7.03. The lowest BCUT2D eigenvalue weighted by atomic mass is 10.1. The smallest absolute Gasteiger partial charge is 0.251 e. The zero-order valence-electron chi connectivity index (χ0n) is 12.5. The SMILES string of the molecule is COCc1n[nH]c(CNC(=O)c2ccc(-c3cn[nH]c3)cc2)n1. The summed E-state index contributed by atoms with van der Waals surface area (Å²) in [5.41, 5.74) is 2.55. The van der Waals surface area contributed by atoms with Gasteiger partial charge in [0.2, 0.25) is 0 Å². The number of carbonyl (C=O) groups excluding carboxylic acids is 1. The number of nitrogens with one attached hydrogen (secondary N) is 3. The van der Waals surface area contributed by atoms with Crippen molar-refractivity contribution in [2.24, 2.45) is 0 Å².